The molecule has 0 saturated carbocycles. The first-order valence-corrected chi connectivity index (χ1v) is 12.0. The van der Waals surface area contributed by atoms with Crippen molar-refractivity contribution in [2.24, 2.45) is 0 Å². The van der Waals surface area contributed by atoms with Gasteiger partial charge in [-0.25, -0.2) is 22.2 Å². The van der Waals surface area contributed by atoms with Crippen LogP contribution < -0.4 is 5.56 Å². The molecule has 2 aromatic rings. The van der Waals surface area contributed by atoms with Gasteiger partial charge in [-0.1, -0.05) is 0 Å². The lowest BCUT2D eigenvalue weighted by Gasteiger charge is -2.32. The molecule has 0 bridgehead atoms. The summed E-state index contributed by atoms with van der Waals surface area (Å²) in [6.45, 7) is 10.3. The second kappa shape index (κ2) is 7.52. The molecule has 4 rings (SSSR count). The molecule has 29 heavy (non-hydrogen) atoms. The first-order chi connectivity index (χ1) is 13.7. The van der Waals surface area contributed by atoms with Crippen LogP contribution in [0.4, 0.5) is 0 Å². The highest BCUT2D eigenvalue weighted by atomic mass is 32.2. The zero-order valence-corrected chi connectivity index (χ0v) is 18.5. The molecule has 160 valence electrons. The summed E-state index contributed by atoms with van der Waals surface area (Å²) >= 11 is 0. The van der Waals surface area contributed by atoms with Crippen LogP contribution in [-0.2, 0) is 23.0 Å². The average molecular weight is 422 g/mol. The second-order valence-electron chi connectivity index (χ2n) is 8.85. The van der Waals surface area contributed by atoms with Crippen molar-refractivity contribution in [1.29, 1.82) is 0 Å². The molecule has 2 aliphatic rings. The molecule has 0 aliphatic carbocycles. The second-order valence-corrected chi connectivity index (χ2v) is 11.3. The van der Waals surface area contributed by atoms with Gasteiger partial charge < -0.3 is 0 Å². The number of H-pyrrole nitrogens is 1. The number of nitrogens with zero attached hydrogens (tertiary/aromatic N) is 4. The van der Waals surface area contributed by atoms with Crippen LogP contribution in [0.5, 0.6) is 0 Å². The van der Waals surface area contributed by atoms with Crippen molar-refractivity contribution < 1.29 is 8.42 Å². The van der Waals surface area contributed by atoms with Gasteiger partial charge in [-0.05, 0) is 40.5 Å². The Labute approximate surface area is 171 Å². The van der Waals surface area contributed by atoms with Crippen molar-refractivity contribution in [3.05, 3.63) is 33.4 Å². The van der Waals surface area contributed by atoms with E-state index in [1.54, 1.807) is 18.2 Å². The predicted octanol–water partition coefficient (Wildman–Crippen LogP) is 1.71. The topological polar surface area (TPSA) is 90.8 Å². The fraction of sp³-hybridized carbons (Fsp3) is 0.700. The zero-order chi connectivity index (χ0) is 20.9. The molecular formula is C20H31N5O3S. The SMILES string of the molecule is CC(C)N1CCc2nc3cc([C@@H]4CCCN(S(=O)(=O)C(C)C)C4)[nH]n3c(=O)c2C1. The number of nitrogens with one attached hydrogen (secondary N) is 1. The highest BCUT2D eigenvalue weighted by Crippen LogP contribution is 2.29. The number of piperidine rings is 1. The lowest BCUT2D eigenvalue weighted by atomic mass is 9.96. The summed E-state index contributed by atoms with van der Waals surface area (Å²) in [4.78, 5) is 20.2. The van der Waals surface area contributed by atoms with Crippen LogP contribution in [0, 0.1) is 0 Å². The van der Waals surface area contributed by atoms with Crippen molar-refractivity contribution in [1.82, 2.24) is 23.8 Å². The third kappa shape index (κ3) is 3.64. The van der Waals surface area contributed by atoms with Gasteiger partial charge in [-0.2, -0.15) is 0 Å². The normalized spacial score (nSPS) is 21.9. The number of hydrogen-bond donors (Lipinski definition) is 1. The molecule has 8 nitrogen and oxygen atoms in total. The quantitative estimate of drug-likeness (QED) is 0.812. The van der Waals surface area contributed by atoms with Gasteiger partial charge in [0.05, 0.1) is 16.5 Å². The predicted molar refractivity (Wildman–Crippen MR) is 113 cm³/mol. The standard InChI is InChI=1S/C20H31N5O3S/c1-13(2)23-9-7-17-16(12-23)20(26)25-19(21-17)10-18(22-25)15-6-5-8-24(11-15)29(27,28)14(3)4/h10,13-15,22H,5-9,11-12H2,1-4H3/t15-/m1/s1. The minimum atomic E-state index is -3.28. The van der Waals surface area contributed by atoms with Crippen molar-refractivity contribution >= 4 is 15.7 Å². The smallest absolute Gasteiger partial charge is 0.277 e. The molecule has 1 N–H and O–H groups in total. The molecule has 1 saturated heterocycles. The Hall–Kier alpha value is -1.71. The molecule has 2 aromatic heterocycles. The lowest BCUT2D eigenvalue weighted by Crippen LogP contribution is -2.42. The lowest BCUT2D eigenvalue weighted by molar-refractivity contribution is 0.200. The fourth-order valence-electron chi connectivity index (χ4n) is 4.40. The minimum Gasteiger partial charge on any atom is -0.296 e. The van der Waals surface area contributed by atoms with Crippen molar-refractivity contribution in [2.45, 2.75) is 70.7 Å². The number of fused-ring (bicyclic) bond motifs is 2. The van der Waals surface area contributed by atoms with Gasteiger partial charge in [0.2, 0.25) is 10.0 Å². The van der Waals surface area contributed by atoms with E-state index in [0.717, 1.165) is 42.8 Å². The maximum absolute atomic E-state index is 13.1. The molecule has 9 heteroatoms. The van der Waals surface area contributed by atoms with Gasteiger partial charge in [0.15, 0.2) is 5.65 Å². The fourth-order valence-corrected chi connectivity index (χ4v) is 5.76. The van der Waals surface area contributed by atoms with Crippen LogP contribution in [-0.4, -0.2) is 63.1 Å². The van der Waals surface area contributed by atoms with E-state index in [2.05, 4.69) is 23.8 Å². The summed E-state index contributed by atoms with van der Waals surface area (Å²) in [5.41, 5.74) is 3.14. The summed E-state index contributed by atoms with van der Waals surface area (Å²) in [5, 5.41) is 2.80. The van der Waals surface area contributed by atoms with Gasteiger partial charge in [0, 0.05) is 56.3 Å². The Bertz CT molecular complexity index is 1070. The van der Waals surface area contributed by atoms with Crippen molar-refractivity contribution in [3.8, 4) is 0 Å². The van der Waals surface area contributed by atoms with Crippen LogP contribution >= 0.6 is 0 Å². The molecule has 0 amide bonds. The van der Waals surface area contributed by atoms with Gasteiger partial charge >= 0.3 is 0 Å². The Morgan fingerprint density at radius 1 is 1.21 bits per heavy atom. The third-order valence-corrected chi connectivity index (χ3v) is 8.56. The van der Waals surface area contributed by atoms with E-state index in [4.69, 9.17) is 4.98 Å². The third-order valence-electron chi connectivity index (χ3n) is 6.32. The van der Waals surface area contributed by atoms with Crippen LogP contribution in [0.2, 0.25) is 0 Å². The summed E-state index contributed by atoms with van der Waals surface area (Å²) in [6, 6.07) is 2.31. The molecule has 4 heterocycles. The van der Waals surface area contributed by atoms with Gasteiger partial charge in [-0.15, -0.1) is 0 Å². The van der Waals surface area contributed by atoms with Gasteiger partial charge in [0.25, 0.3) is 5.56 Å². The minimum absolute atomic E-state index is 0.0379. The van der Waals surface area contributed by atoms with Crippen LogP contribution in [0.15, 0.2) is 10.9 Å². The van der Waals surface area contributed by atoms with Gasteiger partial charge in [0.1, 0.15) is 0 Å². The van der Waals surface area contributed by atoms with E-state index < -0.39 is 15.3 Å². The van der Waals surface area contributed by atoms with E-state index in [1.165, 1.54) is 4.52 Å². The summed E-state index contributed by atoms with van der Waals surface area (Å²) in [7, 11) is -3.28. The Morgan fingerprint density at radius 3 is 2.66 bits per heavy atom. The van der Waals surface area contributed by atoms with E-state index in [-0.39, 0.29) is 11.5 Å². The van der Waals surface area contributed by atoms with E-state index in [9.17, 15) is 13.2 Å². The Balaban J connectivity index is 1.66. The van der Waals surface area contributed by atoms with E-state index in [1.807, 2.05) is 6.07 Å². The monoisotopic (exact) mass is 421 g/mol. The van der Waals surface area contributed by atoms with Crippen molar-refractivity contribution in [2.75, 3.05) is 19.6 Å². The Kier molecular flexibility index (Phi) is 5.33. The first-order valence-electron chi connectivity index (χ1n) is 10.5. The molecule has 0 unspecified atom stereocenters. The Morgan fingerprint density at radius 2 is 1.97 bits per heavy atom. The van der Waals surface area contributed by atoms with Crippen LogP contribution in [0.1, 0.15) is 63.4 Å². The number of rotatable bonds is 4. The van der Waals surface area contributed by atoms with E-state index >= 15 is 0 Å². The van der Waals surface area contributed by atoms with E-state index in [0.29, 0.717) is 31.3 Å². The maximum Gasteiger partial charge on any atom is 0.277 e. The zero-order valence-electron chi connectivity index (χ0n) is 17.7. The molecule has 0 aromatic carbocycles. The molecule has 0 radical (unpaired) electrons. The number of aromatic amines is 1. The molecule has 0 spiro atoms. The first kappa shape index (κ1) is 20.6. The highest BCUT2D eigenvalue weighted by Gasteiger charge is 2.32. The largest absolute Gasteiger partial charge is 0.296 e. The maximum atomic E-state index is 13.1. The summed E-state index contributed by atoms with van der Waals surface area (Å²) in [6.07, 6.45) is 2.49. The molecular weight excluding hydrogens is 390 g/mol. The van der Waals surface area contributed by atoms with Crippen LogP contribution in [0.3, 0.4) is 0 Å². The highest BCUT2D eigenvalue weighted by molar-refractivity contribution is 7.89. The number of hydrogen-bond acceptors (Lipinski definition) is 5. The number of aromatic nitrogens is 3. The number of sulfonamides is 1. The average Bonchev–Trinajstić information content (AvgIpc) is 3.12. The molecule has 2 aliphatic heterocycles. The van der Waals surface area contributed by atoms with Gasteiger partial charge in [-0.3, -0.25) is 14.8 Å². The summed E-state index contributed by atoms with van der Waals surface area (Å²) < 4.78 is 28.3. The summed E-state index contributed by atoms with van der Waals surface area (Å²) in [5.74, 6) is 0.0440. The molecule has 1 fully saturated rings. The molecule has 1 atom stereocenters. The van der Waals surface area contributed by atoms with Crippen molar-refractivity contribution in [3.63, 3.8) is 0 Å². The van der Waals surface area contributed by atoms with Crippen LogP contribution in [0.25, 0.3) is 5.65 Å².